The maximum atomic E-state index is 11.9. The van der Waals surface area contributed by atoms with Crippen molar-refractivity contribution in [3.8, 4) is 0 Å². The molecule has 2 N–H and O–H groups in total. The maximum absolute atomic E-state index is 11.9. The molecular formula is C16H29N3O3. The summed E-state index contributed by atoms with van der Waals surface area (Å²) in [6.45, 7) is 6.76. The second kappa shape index (κ2) is 9.10. The van der Waals surface area contributed by atoms with Crippen molar-refractivity contribution >= 4 is 11.8 Å². The van der Waals surface area contributed by atoms with Crippen LogP contribution < -0.4 is 10.6 Å². The van der Waals surface area contributed by atoms with E-state index in [4.69, 9.17) is 4.74 Å². The lowest BCUT2D eigenvalue weighted by Gasteiger charge is -2.28. The van der Waals surface area contributed by atoms with Gasteiger partial charge in [-0.15, -0.1) is 0 Å². The van der Waals surface area contributed by atoms with Gasteiger partial charge >= 0.3 is 11.8 Å². The summed E-state index contributed by atoms with van der Waals surface area (Å²) in [5, 5.41) is 5.57. The third-order valence-corrected chi connectivity index (χ3v) is 4.78. The summed E-state index contributed by atoms with van der Waals surface area (Å²) in [4.78, 5) is 25.9. The highest BCUT2D eigenvalue weighted by Crippen LogP contribution is 2.26. The molecule has 0 aromatic heterocycles. The van der Waals surface area contributed by atoms with Crippen LogP contribution in [0.5, 0.6) is 0 Å². The molecular weight excluding hydrogens is 282 g/mol. The Bertz CT molecular complexity index is 362. The average molecular weight is 311 g/mol. The first kappa shape index (κ1) is 17.2. The second-order valence-corrected chi connectivity index (χ2v) is 6.31. The number of hydrogen-bond donors (Lipinski definition) is 2. The van der Waals surface area contributed by atoms with Crippen LogP contribution in [0.2, 0.25) is 0 Å². The van der Waals surface area contributed by atoms with E-state index in [9.17, 15) is 9.59 Å². The fourth-order valence-electron chi connectivity index (χ4n) is 3.20. The minimum absolute atomic E-state index is 0.167. The molecule has 1 aliphatic heterocycles. The molecule has 22 heavy (non-hydrogen) atoms. The Morgan fingerprint density at radius 3 is 2.41 bits per heavy atom. The predicted octanol–water partition coefficient (Wildman–Crippen LogP) is 0.520. The van der Waals surface area contributed by atoms with Gasteiger partial charge in [-0.25, -0.2) is 0 Å². The Labute approximate surface area is 132 Å². The van der Waals surface area contributed by atoms with E-state index in [0.29, 0.717) is 6.54 Å². The van der Waals surface area contributed by atoms with Gasteiger partial charge in [0.1, 0.15) is 0 Å². The molecule has 0 spiro atoms. The predicted molar refractivity (Wildman–Crippen MR) is 84.4 cm³/mol. The van der Waals surface area contributed by atoms with Gasteiger partial charge in [-0.05, 0) is 31.6 Å². The van der Waals surface area contributed by atoms with E-state index in [1.54, 1.807) is 0 Å². The Morgan fingerprint density at radius 1 is 1.09 bits per heavy atom. The number of morpholine rings is 1. The van der Waals surface area contributed by atoms with Crippen molar-refractivity contribution in [1.29, 1.82) is 0 Å². The van der Waals surface area contributed by atoms with Gasteiger partial charge in [0.05, 0.1) is 13.2 Å². The quantitative estimate of drug-likeness (QED) is 0.726. The van der Waals surface area contributed by atoms with Crippen LogP contribution >= 0.6 is 0 Å². The van der Waals surface area contributed by atoms with Crippen molar-refractivity contribution in [2.45, 2.75) is 45.1 Å². The van der Waals surface area contributed by atoms with Gasteiger partial charge in [-0.1, -0.05) is 13.3 Å². The van der Waals surface area contributed by atoms with Gasteiger partial charge in [0.2, 0.25) is 0 Å². The van der Waals surface area contributed by atoms with Gasteiger partial charge in [-0.2, -0.15) is 0 Å². The number of nitrogens with zero attached hydrogens (tertiary/aromatic N) is 1. The van der Waals surface area contributed by atoms with Crippen LogP contribution in [-0.4, -0.2) is 62.1 Å². The second-order valence-electron chi connectivity index (χ2n) is 6.31. The van der Waals surface area contributed by atoms with E-state index in [0.717, 1.165) is 64.4 Å². The van der Waals surface area contributed by atoms with Crippen molar-refractivity contribution in [3.05, 3.63) is 0 Å². The SMILES string of the molecule is CCC1CCC(NC(=O)C(=O)NCCN2CCOCC2)CC1. The first-order valence-corrected chi connectivity index (χ1v) is 8.57. The summed E-state index contributed by atoms with van der Waals surface area (Å²) in [5.41, 5.74) is 0. The summed E-state index contributed by atoms with van der Waals surface area (Å²) < 4.78 is 5.27. The van der Waals surface area contributed by atoms with Crippen LogP contribution in [0.25, 0.3) is 0 Å². The summed E-state index contributed by atoms with van der Waals surface area (Å²) in [5.74, 6) is -0.205. The highest BCUT2D eigenvalue weighted by atomic mass is 16.5. The summed E-state index contributed by atoms with van der Waals surface area (Å²) in [6, 6.07) is 0.167. The largest absolute Gasteiger partial charge is 0.379 e. The fourth-order valence-corrected chi connectivity index (χ4v) is 3.20. The number of carbonyl (C=O) groups is 2. The zero-order chi connectivity index (χ0) is 15.8. The molecule has 0 unspecified atom stereocenters. The van der Waals surface area contributed by atoms with Gasteiger partial charge in [-0.3, -0.25) is 14.5 Å². The molecule has 0 radical (unpaired) electrons. The minimum Gasteiger partial charge on any atom is -0.379 e. The molecule has 2 rings (SSSR count). The number of hydrogen-bond acceptors (Lipinski definition) is 4. The van der Waals surface area contributed by atoms with Gasteiger partial charge in [0.15, 0.2) is 0 Å². The van der Waals surface area contributed by atoms with Crippen LogP contribution in [0.3, 0.4) is 0 Å². The normalized spacial score (nSPS) is 26.4. The number of amides is 2. The van der Waals surface area contributed by atoms with E-state index in [2.05, 4.69) is 22.5 Å². The smallest absolute Gasteiger partial charge is 0.309 e. The lowest BCUT2D eigenvalue weighted by molar-refractivity contribution is -0.139. The van der Waals surface area contributed by atoms with Gasteiger partial charge < -0.3 is 15.4 Å². The summed E-state index contributed by atoms with van der Waals surface area (Å²) in [6.07, 6.45) is 5.50. The van der Waals surface area contributed by atoms with Crippen molar-refractivity contribution < 1.29 is 14.3 Å². The molecule has 2 aliphatic rings. The van der Waals surface area contributed by atoms with E-state index in [1.165, 1.54) is 6.42 Å². The molecule has 126 valence electrons. The van der Waals surface area contributed by atoms with Crippen molar-refractivity contribution in [3.63, 3.8) is 0 Å². The first-order chi connectivity index (χ1) is 10.7. The van der Waals surface area contributed by atoms with Crippen molar-refractivity contribution in [2.75, 3.05) is 39.4 Å². The number of rotatable bonds is 5. The number of carbonyl (C=O) groups excluding carboxylic acids is 2. The van der Waals surface area contributed by atoms with E-state index < -0.39 is 11.8 Å². The Morgan fingerprint density at radius 2 is 1.77 bits per heavy atom. The van der Waals surface area contributed by atoms with Crippen LogP contribution in [-0.2, 0) is 14.3 Å². The van der Waals surface area contributed by atoms with Gasteiger partial charge in [0.25, 0.3) is 0 Å². The molecule has 1 aliphatic carbocycles. The first-order valence-electron chi connectivity index (χ1n) is 8.57. The standard InChI is InChI=1S/C16H29N3O3/c1-2-13-3-5-14(6-4-13)18-16(21)15(20)17-7-8-19-9-11-22-12-10-19/h13-14H,2-12H2,1H3,(H,17,20)(H,18,21). The van der Waals surface area contributed by atoms with Gasteiger partial charge in [0, 0.05) is 32.2 Å². The third kappa shape index (κ3) is 5.57. The van der Waals surface area contributed by atoms with E-state index in [1.807, 2.05) is 0 Å². The minimum atomic E-state index is -0.508. The molecule has 0 bridgehead atoms. The zero-order valence-electron chi connectivity index (χ0n) is 13.6. The monoisotopic (exact) mass is 311 g/mol. The molecule has 1 saturated carbocycles. The van der Waals surface area contributed by atoms with Crippen LogP contribution in [0.1, 0.15) is 39.0 Å². The third-order valence-electron chi connectivity index (χ3n) is 4.78. The van der Waals surface area contributed by atoms with E-state index >= 15 is 0 Å². The van der Waals surface area contributed by atoms with Crippen LogP contribution in [0, 0.1) is 5.92 Å². The molecule has 6 nitrogen and oxygen atoms in total. The Balaban J connectivity index is 1.59. The van der Waals surface area contributed by atoms with Crippen LogP contribution in [0.4, 0.5) is 0 Å². The van der Waals surface area contributed by atoms with Crippen molar-refractivity contribution in [1.82, 2.24) is 15.5 Å². The van der Waals surface area contributed by atoms with E-state index in [-0.39, 0.29) is 6.04 Å². The fraction of sp³-hybridized carbons (Fsp3) is 0.875. The molecule has 2 fully saturated rings. The average Bonchev–Trinajstić information content (AvgIpc) is 2.56. The molecule has 2 amide bonds. The summed E-state index contributed by atoms with van der Waals surface area (Å²) >= 11 is 0. The maximum Gasteiger partial charge on any atom is 0.309 e. The van der Waals surface area contributed by atoms with Crippen molar-refractivity contribution in [2.24, 2.45) is 5.92 Å². The van der Waals surface area contributed by atoms with Crippen LogP contribution in [0.15, 0.2) is 0 Å². The lowest BCUT2D eigenvalue weighted by atomic mass is 9.84. The molecule has 6 heteroatoms. The molecule has 1 heterocycles. The Kier molecular flexibility index (Phi) is 7.12. The zero-order valence-corrected chi connectivity index (χ0v) is 13.6. The number of nitrogens with one attached hydrogen (secondary N) is 2. The molecule has 0 aromatic rings. The number of ether oxygens (including phenoxy) is 1. The molecule has 1 saturated heterocycles. The highest BCUT2D eigenvalue weighted by Gasteiger charge is 2.23. The highest BCUT2D eigenvalue weighted by molar-refractivity contribution is 6.35. The molecule has 0 atom stereocenters. The molecule has 0 aromatic carbocycles. The topological polar surface area (TPSA) is 70.7 Å². The Hall–Kier alpha value is -1.14. The summed E-state index contributed by atoms with van der Waals surface area (Å²) in [7, 11) is 0. The lowest BCUT2D eigenvalue weighted by Crippen LogP contribution is -2.48.